The van der Waals surface area contributed by atoms with E-state index in [2.05, 4.69) is 6.92 Å². The molecule has 0 atom stereocenters. The van der Waals surface area contributed by atoms with Gasteiger partial charge in [0.05, 0.1) is 0 Å². The molecular formula is C20H39NO2. The molecule has 0 aromatic carbocycles. The standard InChI is InChI=1S/C20H39NO2/c1-4-5-6-7-8-9-10-11-12-13-14-15-16-17-18-21(19(2)22)20(3)23/h4-18H2,1-3H3. The second-order valence-corrected chi connectivity index (χ2v) is 6.79. The van der Waals surface area contributed by atoms with Gasteiger partial charge in [0.1, 0.15) is 0 Å². The van der Waals surface area contributed by atoms with Crippen molar-refractivity contribution in [1.82, 2.24) is 4.90 Å². The average molecular weight is 326 g/mol. The number of imide groups is 1. The molecule has 2 amide bonds. The number of carbonyl (C=O) groups excluding carboxylic acids is 2. The summed E-state index contributed by atoms with van der Waals surface area (Å²) >= 11 is 0. The first-order valence-corrected chi connectivity index (χ1v) is 9.88. The van der Waals surface area contributed by atoms with E-state index in [9.17, 15) is 9.59 Å². The van der Waals surface area contributed by atoms with Crippen LogP contribution in [0.1, 0.15) is 111 Å². The molecule has 136 valence electrons. The van der Waals surface area contributed by atoms with E-state index in [0.717, 1.165) is 12.8 Å². The van der Waals surface area contributed by atoms with Gasteiger partial charge in [0.2, 0.25) is 11.8 Å². The van der Waals surface area contributed by atoms with Crippen molar-refractivity contribution in [3.05, 3.63) is 0 Å². The van der Waals surface area contributed by atoms with Crippen LogP contribution in [0.3, 0.4) is 0 Å². The lowest BCUT2D eigenvalue weighted by atomic mass is 10.0. The van der Waals surface area contributed by atoms with Gasteiger partial charge in [-0.1, -0.05) is 90.4 Å². The Morgan fingerprint density at radius 2 is 0.870 bits per heavy atom. The Labute approximate surface area is 144 Å². The first-order chi connectivity index (χ1) is 11.1. The van der Waals surface area contributed by atoms with Crippen LogP contribution in [-0.2, 0) is 9.59 Å². The molecule has 0 aromatic heterocycles. The van der Waals surface area contributed by atoms with E-state index in [1.807, 2.05) is 0 Å². The van der Waals surface area contributed by atoms with E-state index in [0.29, 0.717) is 6.54 Å². The van der Waals surface area contributed by atoms with Gasteiger partial charge in [-0.25, -0.2) is 0 Å². The molecule has 0 aliphatic rings. The summed E-state index contributed by atoms with van der Waals surface area (Å²) in [4.78, 5) is 23.9. The van der Waals surface area contributed by atoms with Gasteiger partial charge in [0, 0.05) is 20.4 Å². The molecule has 0 N–H and O–H groups in total. The van der Waals surface area contributed by atoms with Crippen LogP contribution in [0.5, 0.6) is 0 Å². The molecule has 0 saturated carbocycles. The molecule has 23 heavy (non-hydrogen) atoms. The van der Waals surface area contributed by atoms with Gasteiger partial charge in [-0.3, -0.25) is 14.5 Å². The van der Waals surface area contributed by atoms with Crippen LogP contribution in [0, 0.1) is 0 Å². The maximum Gasteiger partial charge on any atom is 0.226 e. The van der Waals surface area contributed by atoms with Crippen LogP contribution in [-0.4, -0.2) is 23.3 Å². The van der Waals surface area contributed by atoms with E-state index in [4.69, 9.17) is 0 Å². The number of rotatable bonds is 15. The topological polar surface area (TPSA) is 37.4 Å². The Hall–Kier alpha value is -0.860. The molecule has 0 heterocycles. The molecule has 0 aliphatic heterocycles. The summed E-state index contributed by atoms with van der Waals surface area (Å²) in [6.07, 6.45) is 18.5. The molecule has 0 fully saturated rings. The third-order valence-corrected chi connectivity index (χ3v) is 4.50. The largest absolute Gasteiger partial charge is 0.283 e. The van der Waals surface area contributed by atoms with Crippen LogP contribution in [0.2, 0.25) is 0 Å². The predicted molar refractivity (Wildman–Crippen MR) is 98.4 cm³/mol. The Morgan fingerprint density at radius 3 is 1.17 bits per heavy atom. The smallest absolute Gasteiger partial charge is 0.226 e. The molecule has 3 heteroatoms. The molecular weight excluding hydrogens is 286 g/mol. The van der Waals surface area contributed by atoms with Crippen LogP contribution < -0.4 is 0 Å². The van der Waals surface area contributed by atoms with Crippen molar-refractivity contribution >= 4 is 11.8 Å². The van der Waals surface area contributed by atoms with Crippen LogP contribution in [0.4, 0.5) is 0 Å². The average Bonchev–Trinajstić information content (AvgIpc) is 2.50. The SMILES string of the molecule is CCCCCCCCCCCCCCCCN(C(C)=O)C(C)=O. The lowest BCUT2D eigenvalue weighted by molar-refractivity contribution is -0.142. The second-order valence-electron chi connectivity index (χ2n) is 6.79. The molecule has 0 unspecified atom stereocenters. The van der Waals surface area contributed by atoms with Gasteiger partial charge >= 0.3 is 0 Å². The van der Waals surface area contributed by atoms with Crippen molar-refractivity contribution in [1.29, 1.82) is 0 Å². The fraction of sp³-hybridized carbons (Fsp3) is 0.900. The van der Waals surface area contributed by atoms with Crippen molar-refractivity contribution < 1.29 is 9.59 Å². The molecule has 0 aliphatic carbocycles. The zero-order valence-electron chi connectivity index (χ0n) is 15.9. The normalized spacial score (nSPS) is 10.7. The maximum absolute atomic E-state index is 11.3. The van der Waals surface area contributed by atoms with E-state index in [-0.39, 0.29) is 11.8 Å². The van der Waals surface area contributed by atoms with Gasteiger partial charge in [-0.15, -0.1) is 0 Å². The molecule has 0 saturated heterocycles. The molecule has 0 aromatic rings. The first kappa shape index (κ1) is 22.1. The molecule has 0 rings (SSSR count). The molecule has 0 radical (unpaired) electrons. The number of carbonyl (C=O) groups is 2. The first-order valence-electron chi connectivity index (χ1n) is 9.88. The van der Waals surface area contributed by atoms with Gasteiger partial charge < -0.3 is 0 Å². The van der Waals surface area contributed by atoms with Crippen molar-refractivity contribution in [3.8, 4) is 0 Å². The van der Waals surface area contributed by atoms with Gasteiger partial charge in [0.15, 0.2) is 0 Å². The highest BCUT2D eigenvalue weighted by Crippen LogP contribution is 2.13. The third kappa shape index (κ3) is 14.5. The number of hydrogen-bond donors (Lipinski definition) is 0. The quantitative estimate of drug-likeness (QED) is 0.353. The second kappa shape index (κ2) is 16.0. The Morgan fingerprint density at radius 1 is 0.565 bits per heavy atom. The Kier molecular flexibility index (Phi) is 15.4. The van der Waals surface area contributed by atoms with Crippen LogP contribution in [0.25, 0.3) is 0 Å². The summed E-state index contributed by atoms with van der Waals surface area (Å²) in [7, 11) is 0. The lowest BCUT2D eigenvalue weighted by Crippen LogP contribution is -2.34. The van der Waals surface area contributed by atoms with Crippen molar-refractivity contribution in [2.24, 2.45) is 0 Å². The minimum absolute atomic E-state index is 0.132. The third-order valence-electron chi connectivity index (χ3n) is 4.50. The predicted octanol–water partition coefficient (Wildman–Crippen LogP) is 5.86. The fourth-order valence-electron chi connectivity index (χ4n) is 3.00. The minimum atomic E-state index is -0.132. The van der Waals surface area contributed by atoms with Gasteiger partial charge in [0.25, 0.3) is 0 Å². The van der Waals surface area contributed by atoms with E-state index < -0.39 is 0 Å². The summed E-state index contributed by atoms with van der Waals surface area (Å²) in [6, 6.07) is 0. The maximum atomic E-state index is 11.3. The Bertz CT molecular complexity index is 288. The number of amides is 2. The highest BCUT2D eigenvalue weighted by atomic mass is 16.2. The van der Waals surface area contributed by atoms with E-state index in [1.54, 1.807) is 0 Å². The minimum Gasteiger partial charge on any atom is -0.283 e. The van der Waals surface area contributed by atoms with Gasteiger partial charge in [-0.2, -0.15) is 0 Å². The molecule has 0 bridgehead atoms. The Balaban J connectivity index is 3.24. The summed E-state index contributed by atoms with van der Waals surface area (Å²) in [6.45, 7) is 5.78. The summed E-state index contributed by atoms with van der Waals surface area (Å²) in [5.41, 5.74) is 0. The van der Waals surface area contributed by atoms with Crippen molar-refractivity contribution in [2.45, 2.75) is 111 Å². The summed E-state index contributed by atoms with van der Waals surface area (Å²) in [5, 5.41) is 0. The van der Waals surface area contributed by atoms with E-state index >= 15 is 0 Å². The van der Waals surface area contributed by atoms with Crippen LogP contribution >= 0.6 is 0 Å². The zero-order chi connectivity index (χ0) is 17.3. The zero-order valence-corrected chi connectivity index (χ0v) is 15.9. The van der Waals surface area contributed by atoms with E-state index in [1.165, 1.54) is 95.8 Å². The molecule has 0 spiro atoms. The lowest BCUT2D eigenvalue weighted by Gasteiger charge is -2.16. The molecule has 3 nitrogen and oxygen atoms in total. The highest BCUT2D eigenvalue weighted by molar-refractivity contribution is 5.92. The van der Waals surface area contributed by atoms with Crippen molar-refractivity contribution in [3.63, 3.8) is 0 Å². The summed E-state index contributed by atoms with van der Waals surface area (Å²) in [5.74, 6) is -0.264. The monoisotopic (exact) mass is 325 g/mol. The number of unbranched alkanes of at least 4 members (excludes halogenated alkanes) is 13. The number of hydrogen-bond acceptors (Lipinski definition) is 2. The highest BCUT2D eigenvalue weighted by Gasteiger charge is 2.11. The number of nitrogens with zero attached hydrogens (tertiary/aromatic N) is 1. The van der Waals surface area contributed by atoms with Crippen LogP contribution in [0.15, 0.2) is 0 Å². The summed E-state index contributed by atoms with van der Waals surface area (Å²) < 4.78 is 0. The fourth-order valence-corrected chi connectivity index (χ4v) is 3.00. The van der Waals surface area contributed by atoms with Gasteiger partial charge in [-0.05, 0) is 6.42 Å². The van der Waals surface area contributed by atoms with Crippen molar-refractivity contribution in [2.75, 3.05) is 6.54 Å².